The van der Waals surface area contributed by atoms with Gasteiger partial charge in [0.2, 0.25) is 0 Å². The molecule has 110 valence electrons. The molecule has 3 nitrogen and oxygen atoms in total. The van der Waals surface area contributed by atoms with Crippen molar-refractivity contribution < 1.29 is 4.74 Å². The largest absolute Gasteiger partial charge is 0.494 e. The summed E-state index contributed by atoms with van der Waals surface area (Å²) in [4.78, 5) is 8.96. The Balaban J connectivity index is 1.84. The number of ether oxygens (including phenoxy) is 1. The zero-order valence-corrected chi connectivity index (χ0v) is 12.6. The molecule has 2 aromatic carbocycles. The smallest absolute Gasteiger partial charge is 0.159 e. The maximum atomic E-state index is 5.65. The van der Waals surface area contributed by atoms with E-state index in [2.05, 4.69) is 29.0 Å². The van der Waals surface area contributed by atoms with Gasteiger partial charge in [-0.15, -0.1) is 0 Å². The molecular weight excluding hydrogens is 272 g/mol. The Hall–Kier alpha value is -2.68. The molecule has 22 heavy (non-hydrogen) atoms. The molecule has 0 amide bonds. The molecule has 1 aromatic heterocycles. The minimum atomic E-state index is 0.710. The van der Waals surface area contributed by atoms with Gasteiger partial charge in [-0.05, 0) is 24.1 Å². The number of hydrogen-bond acceptors (Lipinski definition) is 3. The van der Waals surface area contributed by atoms with E-state index < -0.39 is 0 Å². The van der Waals surface area contributed by atoms with Crippen LogP contribution in [0.2, 0.25) is 0 Å². The molecule has 0 fully saturated rings. The maximum absolute atomic E-state index is 5.65. The Labute approximate surface area is 130 Å². The minimum absolute atomic E-state index is 0.710. The van der Waals surface area contributed by atoms with Gasteiger partial charge in [0.05, 0.1) is 6.61 Å². The predicted octanol–water partition coefficient (Wildman–Crippen LogP) is 4.60. The number of rotatable bonds is 5. The van der Waals surface area contributed by atoms with E-state index in [0.717, 1.165) is 35.5 Å². The summed E-state index contributed by atoms with van der Waals surface area (Å²) in [7, 11) is 0. The Morgan fingerprint density at radius 1 is 0.818 bits per heavy atom. The van der Waals surface area contributed by atoms with E-state index in [1.54, 1.807) is 0 Å². The molecule has 0 N–H and O–H groups in total. The molecule has 0 bridgehead atoms. The van der Waals surface area contributed by atoms with Gasteiger partial charge < -0.3 is 4.74 Å². The second-order valence-electron chi connectivity index (χ2n) is 5.04. The van der Waals surface area contributed by atoms with Crippen molar-refractivity contribution in [1.82, 2.24) is 9.97 Å². The predicted molar refractivity (Wildman–Crippen MR) is 88.7 cm³/mol. The zero-order valence-electron chi connectivity index (χ0n) is 12.6. The van der Waals surface area contributed by atoms with E-state index >= 15 is 0 Å². The van der Waals surface area contributed by atoms with Crippen molar-refractivity contribution in [2.75, 3.05) is 6.61 Å². The Morgan fingerprint density at radius 3 is 2.27 bits per heavy atom. The van der Waals surface area contributed by atoms with Crippen molar-refractivity contribution in [2.45, 2.75) is 13.3 Å². The van der Waals surface area contributed by atoms with Gasteiger partial charge in [-0.3, -0.25) is 0 Å². The van der Waals surface area contributed by atoms with Gasteiger partial charge in [-0.2, -0.15) is 0 Å². The minimum Gasteiger partial charge on any atom is -0.494 e. The van der Waals surface area contributed by atoms with Crippen LogP contribution in [0.5, 0.6) is 5.75 Å². The summed E-state index contributed by atoms with van der Waals surface area (Å²) in [6, 6.07) is 18.0. The van der Waals surface area contributed by atoms with Crippen LogP contribution in [-0.4, -0.2) is 16.6 Å². The van der Waals surface area contributed by atoms with Crippen LogP contribution in [0.15, 0.2) is 67.0 Å². The van der Waals surface area contributed by atoms with E-state index in [9.17, 15) is 0 Å². The normalized spacial score (nSPS) is 10.4. The first kappa shape index (κ1) is 14.3. The third-order valence-electron chi connectivity index (χ3n) is 3.32. The van der Waals surface area contributed by atoms with E-state index in [-0.39, 0.29) is 0 Å². The lowest BCUT2D eigenvalue weighted by Crippen LogP contribution is -1.95. The first-order chi connectivity index (χ1) is 10.9. The fourth-order valence-electron chi connectivity index (χ4n) is 2.20. The SMILES string of the molecule is CCCOc1cccc(-c2ncc(-c3ccccc3)cn2)c1. The average Bonchev–Trinajstić information content (AvgIpc) is 2.61. The van der Waals surface area contributed by atoms with Crippen LogP contribution in [0.1, 0.15) is 13.3 Å². The molecule has 0 atom stereocenters. The topological polar surface area (TPSA) is 35.0 Å². The van der Waals surface area contributed by atoms with Gasteiger partial charge in [0.1, 0.15) is 5.75 Å². The highest BCUT2D eigenvalue weighted by atomic mass is 16.5. The van der Waals surface area contributed by atoms with Gasteiger partial charge in [0.25, 0.3) is 0 Å². The zero-order chi connectivity index (χ0) is 15.2. The molecule has 0 unspecified atom stereocenters. The standard InChI is InChI=1S/C19H18N2O/c1-2-11-22-18-10-6-9-16(12-18)19-20-13-17(14-21-19)15-7-4-3-5-8-15/h3-10,12-14H,2,11H2,1H3. The van der Waals surface area contributed by atoms with Crippen molar-refractivity contribution in [2.24, 2.45) is 0 Å². The monoisotopic (exact) mass is 290 g/mol. The summed E-state index contributed by atoms with van der Waals surface area (Å²) in [6.07, 6.45) is 4.71. The van der Waals surface area contributed by atoms with Gasteiger partial charge >= 0.3 is 0 Å². The molecule has 0 radical (unpaired) electrons. The van der Waals surface area contributed by atoms with Crippen molar-refractivity contribution in [3.63, 3.8) is 0 Å². The Morgan fingerprint density at radius 2 is 1.55 bits per heavy atom. The molecule has 0 aliphatic rings. The molecule has 3 aromatic rings. The molecule has 0 saturated carbocycles. The molecule has 3 heteroatoms. The summed E-state index contributed by atoms with van der Waals surface area (Å²) < 4.78 is 5.65. The van der Waals surface area contributed by atoms with E-state index in [4.69, 9.17) is 4.74 Å². The highest BCUT2D eigenvalue weighted by molar-refractivity contribution is 5.64. The summed E-state index contributed by atoms with van der Waals surface area (Å²) in [6.45, 7) is 2.81. The average molecular weight is 290 g/mol. The van der Waals surface area contributed by atoms with E-state index in [1.807, 2.05) is 54.9 Å². The molecule has 0 spiro atoms. The van der Waals surface area contributed by atoms with Gasteiger partial charge in [-0.25, -0.2) is 9.97 Å². The highest BCUT2D eigenvalue weighted by Crippen LogP contribution is 2.23. The van der Waals surface area contributed by atoms with Crippen LogP contribution < -0.4 is 4.74 Å². The van der Waals surface area contributed by atoms with Crippen LogP contribution in [0.4, 0.5) is 0 Å². The molecule has 0 saturated heterocycles. The van der Waals surface area contributed by atoms with Crippen molar-refractivity contribution >= 4 is 0 Å². The van der Waals surface area contributed by atoms with Crippen LogP contribution >= 0.6 is 0 Å². The van der Waals surface area contributed by atoms with E-state index in [1.165, 1.54) is 0 Å². The number of aromatic nitrogens is 2. The lowest BCUT2D eigenvalue weighted by Gasteiger charge is -2.07. The fourth-order valence-corrected chi connectivity index (χ4v) is 2.20. The molecule has 0 aliphatic carbocycles. The lowest BCUT2D eigenvalue weighted by molar-refractivity contribution is 0.317. The molecular formula is C19H18N2O. The Bertz CT molecular complexity index is 724. The van der Waals surface area contributed by atoms with Gasteiger partial charge in [-0.1, -0.05) is 49.4 Å². The third kappa shape index (κ3) is 3.31. The second kappa shape index (κ2) is 6.85. The Kier molecular flexibility index (Phi) is 4.44. The molecule has 0 aliphatic heterocycles. The summed E-state index contributed by atoms with van der Waals surface area (Å²) in [5, 5.41) is 0. The van der Waals surface area contributed by atoms with E-state index in [0.29, 0.717) is 5.82 Å². The summed E-state index contributed by atoms with van der Waals surface area (Å²) >= 11 is 0. The highest BCUT2D eigenvalue weighted by Gasteiger charge is 2.04. The molecule has 1 heterocycles. The number of hydrogen-bond donors (Lipinski definition) is 0. The quantitative estimate of drug-likeness (QED) is 0.689. The van der Waals surface area contributed by atoms with Gasteiger partial charge in [0, 0.05) is 23.5 Å². The third-order valence-corrected chi connectivity index (χ3v) is 3.32. The number of nitrogens with zero attached hydrogens (tertiary/aromatic N) is 2. The first-order valence-electron chi connectivity index (χ1n) is 7.47. The van der Waals surface area contributed by atoms with Gasteiger partial charge in [0.15, 0.2) is 5.82 Å². The fraction of sp³-hybridized carbons (Fsp3) is 0.158. The van der Waals surface area contributed by atoms with Crippen LogP contribution in [0.3, 0.4) is 0 Å². The molecule has 3 rings (SSSR count). The lowest BCUT2D eigenvalue weighted by atomic mass is 10.1. The first-order valence-corrected chi connectivity index (χ1v) is 7.47. The maximum Gasteiger partial charge on any atom is 0.159 e. The number of benzene rings is 2. The summed E-state index contributed by atoms with van der Waals surface area (Å²) in [5.74, 6) is 1.57. The van der Waals surface area contributed by atoms with Crippen molar-refractivity contribution in [1.29, 1.82) is 0 Å². The van der Waals surface area contributed by atoms with Crippen LogP contribution in [0, 0.1) is 0 Å². The summed E-state index contributed by atoms with van der Waals surface area (Å²) in [5.41, 5.74) is 3.10. The van der Waals surface area contributed by atoms with Crippen LogP contribution in [-0.2, 0) is 0 Å². The van der Waals surface area contributed by atoms with Crippen LogP contribution in [0.25, 0.3) is 22.5 Å². The van der Waals surface area contributed by atoms with Crippen molar-refractivity contribution in [3.8, 4) is 28.3 Å². The second-order valence-corrected chi connectivity index (χ2v) is 5.04. The van der Waals surface area contributed by atoms with Crippen molar-refractivity contribution in [3.05, 3.63) is 67.0 Å².